The first-order valence-electron chi connectivity index (χ1n) is 5.75. The standard InChI is InChI=1S/C14H11N3O2/c18-13-4-2-1-3-12(13)16-14(19)10-5-6-17-9-15-8-11(17)7-10/h1-9,18H,(H,16,19). The van der Waals surface area contributed by atoms with E-state index in [1.807, 2.05) is 4.40 Å². The number of hydrogen-bond acceptors (Lipinski definition) is 3. The van der Waals surface area contributed by atoms with E-state index in [1.54, 1.807) is 49.1 Å². The number of fused-ring (bicyclic) bond motifs is 1. The molecule has 0 spiro atoms. The average Bonchev–Trinajstić information content (AvgIpc) is 2.88. The summed E-state index contributed by atoms with van der Waals surface area (Å²) in [5.41, 5.74) is 1.74. The van der Waals surface area contributed by atoms with Crippen LogP contribution in [0.1, 0.15) is 10.4 Å². The fourth-order valence-corrected chi connectivity index (χ4v) is 1.83. The van der Waals surface area contributed by atoms with Gasteiger partial charge in [0.15, 0.2) is 0 Å². The Morgan fingerprint density at radius 2 is 2.11 bits per heavy atom. The number of imidazole rings is 1. The van der Waals surface area contributed by atoms with E-state index in [0.29, 0.717) is 11.3 Å². The minimum Gasteiger partial charge on any atom is -0.506 e. The first-order chi connectivity index (χ1) is 9.24. The van der Waals surface area contributed by atoms with E-state index in [9.17, 15) is 9.90 Å². The largest absolute Gasteiger partial charge is 0.506 e. The Bertz CT molecular complexity index is 749. The Morgan fingerprint density at radius 3 is 2.95 bits per heavy atom. The Kier molecular flexibility index (Phi) is 2.64. The molecule has 2 heterocycles. The number of carbonyl (C=O) groups excluding carboxylic acids is 1. The van der Waals surface area contributed by atoms with E-state index in [1.165, 1.54) is 6.07 Å². The molecule has 0 saturated carbocycles. The van der Waals surface area contributed by atoms with Crippen molar-refractivity contribution in [3.63, 3.8) is 0 Å². The van der Waals surface area contributed by atoms with Crippen molar-refractivity contribution in [3.05, 3.63) is 60.7 Å². The molecule has 94 valence electrons. The van der Waals surface area contributed by atoms with Crippen LogP contribution in [0.5, 0.6) is 5.75 Å². The van der Waals surface area contributed by atoms with Gasteiger partial charge in [0.2, 0.25) is 0 Å². The van der Waals surface area contributed by atoms with Crippen LogP contribution in [0.3, 0.4) is 0 Å². The number of nitrogens with zero attached hydrogens (tertiary/aromatic N) is 2. The van der Waals surface area contributed by atoms with Crippen molar-refractivity contribution in [2.75, 3.05) is 5.32 Å². The Hall–Kier alpha value is -2.82. The lowest BCUT2D eigenvalue weighted by Gasteiger charge is -2.07. The third kappa shape index (κ3) is 2.13. The molecule has 0 aliphatic rings. The average molecular weight is 253 g/mol. The second kappa shape index (κ2) is 4.45. The number of rotatable bonds is 2. The van der Waals surface area contributed by atoms with Gasteiger partial charge in [-0.3, -0.25) is 4.79 Å². The normalized spacial score (nSPS) is 10.5. The van der Waals surface area contributed by atoms with E-state index in [2.05, 4.69) is 10.3 Å². The predicted molar refractivity (Wildman–Crippen MR) is 71.3 cm³/mol. The van der Waals surface area contributed by atoms with Crippen molar-refractivity contribution in [2.45, 2.75) is 0 Å². The Balaban J connectivity index is 1.89. The summed E-state index contributed by atoms with van der Waals surface area (Å²) in [5, 5.41) is 12.3. The summed E-state index contributed by atoms with van der Waals surface area (Å²) in [6.45, 7) is 0. The summed E-state index contributed by atoms with van der Waals surface area (Å²) in [6, 6.07) is 10.0. The zero-order valence-corrected chi connectivity index (χ0v) is 9.95. The van der Waals surface area contributed by atoms with Crippen LogP contribution in [0.4, 0.5) is 5.69 Å². The van der Waals surface area contributed by atoms with E-state index in [-0.39, 0.29) is 11.7 Å². The highest BCUT2D eigenvalue weighted by molar-refractivity contribution is 6.05. The third-order valence-corrected chi connectivity index (χ3v) is 2.83. The van der Waals surface area contributed by atoms with Gasteiger partial charge < -0.3 is 14.8 Å². The van der Waals surface area contributed by atoms with Gasteiger partial charge in [0, 0.05) is 11.8 Å². The lowest BCUT2D eigenvalue weighted by atomic mass is 10.2. The van der Waals surface area contributed by atoms with Crippen molar-refractivity contribution in [1.29, 1.82) is 0 Å². The Morgan fingerprint density at radius 1 is 1.26 bits per heavy atom. The number of para-hydroxylation sites is 2. The van der Waals surface area contributed by atoms with Crippen LogP contribution in [0, 0.1) is 0 Å². The maximum Gasteiger partial charge on any atom is 0.255 e. The molecule has 0 aliphatic heterocycles. The zero-order valence-electron chi connectivity index (χ0n) is 9.95. The molecule has 0 aliphatic carbocycles. The van der Waals surface area contributed by atoms with Gasteiger partial charge in [-0.15, -0.1) is 0 Å². The van der Waals surface area contributed by atoms with Crippen molar-refractivity contribution in [3.8, 4) is 5.75 Å². The van der Waals surface area contributed by atoms with E-state index in [4.69, 9.17) is 0 Å². The number of aromatic hydroxyl groups is 1. The second-order valence-corrected chi connectivity index (χ2v) is 4.11. The molecule has 19 heavy (non-hydrogen) atoms. The summed E-state index contributed by atoms with van der Waals surface area (Å²) < 4.78 is 1.82. The van der Waals surface area contributed by atoms with Crippen LogP contribution in [0.15, 0.2) is 55.1 Å². The summed E-state index contributed by atoms with van der Waals surface area (Å²) in [5.74, 6) is -0.230. The molecular weight excluding hydrogens is 242 g/mol. The smallest absolute Gasteiger partial charge is 0.255 e. The van der Waals surface area contributed by atoms with E-state index >= 15 is 0 Å². The molecule has 3 rings (SSSR count). The van der Waals surface area contributed by atoms with Crippen molar-refractivity contribution in [1.82, 2.24) is 9.38 Å². The molecule has 1 aromatic carbocycles. The number of aromatic nitrogens is 2. The summed E-state index contributed by atoms with van der Waals surface area (Å²) >= 11 is 0. The first-order valence-corrected chi connectivity index (χ1v) is 5.75. The molecule has 0 saturated heterocycles. The van der Waals surface area contributed by atoms with Gasteiger partial charge in [0.25, 0.3) is 5.91 Å². The van der Waals surface area contributed by atoms with Gasteiger partial charge in [-0.25, -0.2) is 4.98 Å². The fraction of sp³-hybridized carbons (Fsp3) is 0. The zero-order chi connectivity index (χ0) is 13.2. The number of carbonyl (C=O) groups is 1. The van der Waals surface area contributed by atoms with Gasteiger partial charge in [-0.1, -0.05) is 12.1 Å². The van der Waals surface area contributed by atoms with Gasteiger partial charge in [-0.2, -0.15) is 0 Å². The molecule has 0 atom stereocenters. The number of phenols is 1. The molecule has 1 amide bonds. The highest BCUT2D eigenvalue weighted by Gasteiger charge is 2.09. The summed E-state index contributed by atoms with van der Waals surface area (Å²) in [6.07, 6.45) is 5.11. The number of hydrogen-bond donors (Lipinski definition) is 2. The van der Waals surface area contributed by atoms with Gasteiger partial charge in [0.1, 0.15) is 5.75 Å². The van der Waals surface area contributed by atoms with Crippen LogP contribution in [-0.4, -0.2) is 20.4 Å². The number of phenolic OH excluding ortho intramolecular Hbond substituents is 1. The topological polar surface area (TPSA) is 66.6 Å². The van der Waals surface area contributed by atoms with E-state index < -0.39 is 0 Å². The highest BCUT2D eigenvalue weighted by atomic mass is 16.3. The van der Waals surface area contributed by atoms with Crippen molar-refractivity contribution < 1.29 is 9.90 Å². The van der Waals surface area contributed by atoms with Crippen LogP contribution < -0.4 is 5.32 Å². The lowest BCUT2D eigenvalue weighted by Crippen LogP contribution is -2.12. The molecule has 0 radical (unpaired) electrons. The fourth-order valence-electron chi connectivity index (χ4n) is 1.83. The maximum atomic E-state index is 12.1. The molecule has 0 unspecified atom stereocenters. The van der Waals surface area contributed by atoms with Crippen LogP contribution in [0.2, 0.25) is 0 Å². The molecule has 2 aromatic heterocycles. The van der Waals surface area contributed by atoms with Crippen molar-refractivity contribution >= 4 is 17.1 Å². The van der Waals surface area contributed by atoms with Crippen LogP contribution in [0.25, 0.3) is 5.52 Å². The quantitative estimate of drug-likeness (QED) is 0.688. The molecule has 2 N–H and O–H groups in total. The molecule has 0 fully saturated rings. The number of pyridine rings is 1. The van der Waals surface area contributed by atoms with E-state index in [0.717, 1.165) is 5.52 Å². The number of amides is 1. The van der Waals surface area contributed by atoms with Crippen molar-refractivity contribution in [2.24, 2.45) is 0 Å². The predicted octanol–water partition coefficient (Wildman–Crippen LogP) is 2.29. The maximum absolute atomic E-state index is 12.1. The number of benzene rings is 1. The molecule has 3 aromatic rings. The summed E-state index contributed by atoms with van der Waals surface area (Å²) in [7, 11) is 0. The minimum atomic E-state index is -0.273. The monoisotopic (exact) mass is 253 g/mol. The lowest BCUT2D eigenvalue weighted by molar-refractivity contribution is 0.102. The molecule has 0 bridgehead atoms. The first kappa shape index (κ1) is 11.3. The minimum absolute atomic E-state index is 0.0429. The SMILES string of the molecule is O=C(Nc1ccccc1O)c1ccn2cncc2c1. The second-order valence-electron chi connectivity index (χ2n) is 4.11. The van der Waals surface area contributed by atoms with Gasteiger partial charge >= 0.3 is 0 Å². The Labute approximate surface area is 109 Å². The van der Waals surface area contributed by atoms with Crippen LogP contribution in [-0.2, 0) is 0 Å². The van der Waals surface area contributed by atoms with Gasteiger partial charge in [0.05, 0.1) is 23.7 Å². The third-order valence-electron chi connectivity index (χ3n) is 2.83. The number of anilines is 1. The highest BCUT2D eigenvalue weighted by Crippen LogP contribution is 2.22. The van der Waals surface area contributed by atoms with Crippen LogP contribution >= 0.6 is 0 Å². The molecule has 5 heteroatoms. The summed E-state index contributed by atoms with van der Waals surface area (Å²) in [4.78, 5) is 16.1. The van der Waals surface area contributed by atoms with Gasteiger partial charge in [-0.05, 0) is 24.3 Å². The molecule has 5 nitrogen and oxygen atoms in total. The molecular formula is C14H11N3O2. The number of nitrogens with one attached hydrogen (secondary N) is 1.